The van der Waals surface area contributed by atoms with Crippen LogP contribution in [0.25, 0.3) is 0 Å². The van der Waals surface area contributed by atoms with Crippen molar-refractivity contribution in [3.8, 4) is 0 Å². The summed E-state index contributed by atoms with van der Waals surface area (Å²) in [6, 6.07) is 4.57. The summed E-state index contributed by atoms with van der Waals surface area (Å²) in [6.07, 6.45) is 1.11. The van der Waals surface area contributed by atoms with E-state index in [4.69, 9.17) is 11.6 Å². The molecule has 7 heteroatoms. The predicted molar refractivity (Wildman–Crippen MR) is 75.2 cm³/mol. The molecule has 0 aromatic heterocycles. The molecule has 19 heavy (non-hydrogen) atoms. The Balaban J connectivity index is 2.51. The number of benzene rings is 1. The third kappa shape index (κ3) is 6.33. The number of hydrogen-bond acceptors (Lipinski definition) is 3. The van der Waals surface area contributed by atoms with Crippen molar-refractivity contribution in [2.45, 2.75) is 25.9 Å². The standard InChI is InChI=1S/C12H18ClFN2O2S/c1-12(2,16-19(3,17)18)8-15-7-9-4-5-10(13)11(14)6-9/h4-6,15-16H,7-8H2,1-3H3. The van der Waals surface area contributed by atoms with E-state index in [9.17, 15) is 12.8 Å². The Morgan fingerprint density at radius 2 is 2.00 bits per heavy atom. The van der Waals surface area contributed by atoms with E-state index in [0.717, 1.165) is 11.8 Å². The Morgan fingerprint density at radius 3 is 2.53 bits per heavy atom. The van der Waals surface area contributed by atoms with Gasteiger partial charge < -0.3 is 5.32 Å². The Bertz CT molecular complexity index is 547. The molecule has 0 unspecified atom stereocenters. The van der Waals surface area contributed by atoms with Crippen LogP contribution in [0.15, 0.2) is 18.2 Å². The number of sulfonamides is 1. The lowest BCUT2D eigenvalue weighted by Crippen LogP contribution is -2.49. The molecule has 0 aliphatic carbocycles. The number of rotatable bonds is 6. The van der Waals surface area contributed by atoms with Gasteiger partial charge in [-0.2, -0.15) is 0 Å². The summed E-state index contributed by atoms with van der Waals surface area (Å²) in [6.45, 7) is 4.39. The molecule has 0 saturated heterocycles. The SMILES string of the molecule is CC(C)(CNCc1ccc(Cl)c(F)c1)NS(C)(=O)=O. The van der Waals surface area contributed by atoms with Crippen molar-refractivity contribution in [2.75, 3.05) is 12.8 Å². The molecule has 0 heterocycles. The van der Waals surface area contributed by atoms with Crippen LogP contribution in [0.4, 0.5) is 4.39 Å². The first-order chi connectivity index (χ1) is 8.59. The largest absolute Gasteiger partial charge is 0.311 e. The van der Waals surface area contributed by atoms with Crippen molar-refractivity contribution in [2.24, 2.45) is 0 Å². The van der Waals surface area contributed by atoms with Gasteiger partial charge in [0, 0.05) is 18.6 Å². The molecule has 0 bridgehead atoms. The maximum Gasteiger partial charge on any atom is 0.209 e. The lowest BCUT2D eigenvalue weighted by Gasteiger charge is -2.25. The summed E-state index contributed by atoms with van der Waals surface area (Å²) in [7, 11) is -3.26. The Labute approximate surface area is 118 Å². The minimum atomic E-state index is -3.26. The van der Waals surface area contributed by atoms with Crippen LogP contribution in [-0.4, -0.2) is 26.8 Å². The van der Waals surface area contributed by atoms with Gasteiger partial charge >= 0.3 is 0 Å². The van der Waals surface area contributed by atoms with Crippen LogP contribution >= 0.6 is 11.6 Å². The highest BCUT2D eigenvalue weighted by atomic mass is 35.5. The third-order valence-electron chi connectivity index (χ3n) is 2.34. The molecule has 2 N–H and O–H groups in total. The van der Waals surface area contributed by atoms with Crippen molar-refractivity contribution >= 4 is 21.6 Å². The summed E-state index contributed by atoms with van der Waals surface area (Å²) >= 11 is 5.59. The van der Waals surface area contributed by atoms with Gasteiger partial charge in [0.15, 0.2) is 0 Å². The summed E-state index contributed by atoms with van der Waals surface area (Å²) in [4.78, 5) is 0. The molecule has 1 rings (SSSR count). The van der Waals surface area contributed by atoms with E-state index in [1.165, 1.54) is 12.1 Å². The van der Waals surface area contributed by atoms with Crippen LogP contribution in [-0.2, 0) is 16.6 Å². The van der Waals surface area contributed by atoms with Gasteiger partial charge in [0.25, 0.3) is 0 Å². The van der Waals surface area contributed by atoms with E-state index in [0.29, 0.717) is 13.1 Å². The fourth-order valence-corrected chi connectivity index (χ4v) is 2.90. The van der Waals surface area contributed by atoms with Crippen molar-refractivity contribution in [3.63, 3.8) is 0 Å². The second-order valence-corrected chi connectivity index (χ2v) is 7.27. The minimum Gasteiger partial charge on any atom is -0.311 e. The number of hydrogen-bond donors (Lipinski definition) is 2. The highest BCUT2D eigenvalue weighted by molar-refractivity contribution is 7.88. The Morgan fingerprint density at radius 1 is 1.37 bits per heavy atom. The maximum absolute atomic E-state index is 13.2. The zero-order chi connectivity index (χ0) is 14.7. The van der Waals surface area contributed by atoms with Gasteiger partial charge in [0.2, 0.25) is 10.0 Å². The summed E-state index contributed by atoms with van der Waals surface area (Å²) < 4.78 is 38.0. The van der Waals surface area contributed by atoms with Gasteiger partial charge in [-0.3, -0.25) is 0 Å². The van der Waals surface area contributed by atoms with E-state index in [-0.39, 0.29) is 5.02 Å². The van der Waals surface area contributed by atoms with Gasteiger partial charge in [-0.25, -0.2) is 17.5 Å². The fourth-order valence-electron chi connectivity index (χ4n) is 1.71. The van der Waals surface area contributed by atoms with E-state index >= 15 is 0 Å². The van der Waals surface area contributed by atoms with Gasteiger partial charge in [-0.05, 0) is 31.5 Å². The molecule has 0 aliphatic heterocycles. The van der Waals surface area contributed by atoms with Gasteiger partial charge in [-0.1, -0.05) is 17.7 Å². The average Bonchev–Trinajstić information content (AvgIpc) is 2.19. The lowest BCUT2D eigenvalue weighted by molar-refractivity contribution is 0.421. The number of halogens is 2. The Hall–Kier alpha value is -0.690. The van der Waals surface area contributed by atoms with Crippen molar-refractivity contribution in [1.82, 2.24) is 10.0 Å². The van der Waals surface area contributed by atoms with E-state index in [2.05, 4.69) is 10.0 Å². The molecule has 0 spiro atoms. The highest BCUT2D eigenvalue weighted by Crippen LogP contribution is 2.15. The molecular weight excluding hydrogens is 291 g/mol. The van der Waals surface area contributed by atoms with Crippen LogP contribution < -0.4 is 10.0 Å². The van der Waals surface area contributed by atoms with Gasteiger partial charge in [0.05, 0.1) is 11.3 Å². The Kier molecular flexibility index (Phi) is 5.32. The monoisotopic (exact) mass is 308 g/mol. The van der Waals surface area contributed by atoms with E-state index < -0.39 is 21.4 Å². The van der Waals surface area contributed by atoms with Crippen LogP contribution in [0, 0.1) is 5.82 Å². The van der Waals surface area contributed by atoms with Crippen molar-refractivity contribution in [1.29, 1.82) is 0 Å². The second kappa shape index (κ2) is 6.17. The van der Waals surface area contributed by atoms with Crippen LogP contribution in [0.5, 0.6) is 0 Å². The summed E-state index contributed by atoms with van der Waals surface area (Å²) in [5, 5.41) is 3.16. The first-order valence-electron chi connectivity index (χ1n) is 5.73. The van der Waals surface area contributed by atoms with Crippen molar-refractivity contribution in [3.05, 3.63) is 34.6 Å². The molecule has 1 aromatic rings. The first kappa shape index (κ1) is 16.4. The second-order valence-electron chi connectivity index (χ2n) is 5.11. The maximum atomic E-state index is 13.2. The molecule has 108 valence electrons. The zero-order valence-corrected chi connectivity index (χ0v) is 12.7. The molecule has 0 fully saturated rings. The van der Waals surface area contributed by atoms with Gasteiger partial charge in [0.1, 0.15) is 5.82 Å². The zero-order valence-electron chi connectivity index (χ0n) is 11.1. The first-order valence-corrected chi connectivity index (χ1v) is 8.00. The van der Waals surface area contributed by atoms with E-state index in [1.807, 2.05) is 0 Å². The predicted octanol–water partition coefficient (Wildman–Crippen LogP) is 1.90. The van der Waals surface area contributed by atoms with Crippen LogP contribution in [0.3, 0.4) is 0 Å². The molecule has 1 aromatic carbocycles. The summed E-state index contributed by atoms with van der Waals surface area (Å²) in [5.41, 5.74) is 0.135. The van der Waals surface area contributed by atoms with Gasteiger partial charge in [-0.15, -0.1) is 0 Å². The van der Waals surface area contributed by atoms with Crippen LogP contribution in [0.2, 0.25) is 5.02 Å². The van der Waals surface area contributed by atoms with Crippen LogP contribution in [0.1, 0.15) is 19.4 Å². The molecular formula is C12H18ClFN2O2S. The summed E-state index contributed by atoms with van der Waals surface area (Å²) in [5.74, 6) is -0.463. The molecule has 0 radical (unpaired) electrons. The number of nitrogens with one attached hydrogen (secondary N) is 2. The smallest absolute Gasteiger partial charge is 0.209 e. The van der Waals surface area contributed by atoms with E-state index in [1.54, 1.807) is 19.9 Å². The normalized spacial score (nSPS) is 12.7. The molecule has 0 atom stereocenters. The molecule has 0 amide bonds. The third-order valence-corrected chi connectivity index (χ3v) is 3.57. The average molecular weight is 309 g/mol. The molecule has 4 nitrogen and oxygen atoms in total. The van der Waals surface area contributed by atoms with Crippen molar-refractivity contribution < 1.29 is 12.8 Å². The molecule has 0 aliphatic rings. The highest BCUT2D eigenvalue weighted by Gasteiger charge is 2.21. The topological polar surface area (TPSA) is 58.2 Å². The molecule has 0 saturated carbocycles. The quantitative estimate of drug-likeness (QED) is 0.844. The fraction of sp³-hybridized carbons (Fsp3) is 0.500. The minimum absolute atomic E-state index is 0.0859. The lowest BCUT2D eigenvalue weighted by atomic mass is 10.1.